The molecule has 2 aromatic rings. The first-order valence-electron chi connectivity index (χ1n) is 8.21. The molecule has 0 saturated heterocycles. The van der Waals surface area contributed by atoms with E-state index in [1.165, 1.54) is 42.4 Å². The van der Waals surface area contributed by atoms with Gasteiger partial charge in [-0.2, -0.15) is 5.26 Å². The second-order valence-electron chi connectivity index (χ2n) is 5.96. The van der Waals surface area contributed by atoms with E-state index in [1.807, 2.05) is 36.6 Å². The first kappa shape index (κ1) is 17.1. The average molecular weight is 357 g/mol. The highest BCUT2D eigenvalue weighted by Gasteiger charge is 2.26. The maximum absolute atomic E-state index is 13.0. The third-order valence-electron chi connectivity index (χ3n) is 4.37. The van der Waals surface area contributed by atoms with Crippen molar-refractivity contribution in [2.24, 2.45) is 0 Å². The first-order chi connectivity index (χ1) is 11.7. The minimum absolute atomic E-state index is 0.00397. The van der Waals surface area contributed by atoms with Crippen molar-refractivity contribution in [3.63, 3.8) is 0 Å². The highest BCUT2D eigenvalue weighted by molar-refractivity contribution is 8.00. The SMILES string of the molecule is CSc1sc(C(=O)c2ccccc2)c(NC2CCCCC2)c1C#N. The number of anilines is 1. The molecule has 0 atom stereocenters. The number of ketones is 1. The van der Waals surface area contributed by atoms with Gasteiger partial charge in [-0.3, -0.25) is 4.79 Å². The van der Waals surface area contributed by atoms with E-state index in [9.17, 15) is 10.1 Å². The Morgan fingerprint density at radius 1 is 1.25 bits per heavy atom. The number of hydrogen-bond donors (Lipinski definition) is 1. The Hall–Kier alpha value is -1.77. The molecule has 1 aliphatic rings. The molecule has 0 aliphatic heterocycles. The fraction of sp³-hybridized carbons (Fsp3) is 0.368. The molecule has 3 nitrogen and oxygen atoms in total. The molecule has 1 aromatic carbocycles. The Kier molecular flexibility index (Phi) is 5.60. The zero-order valence-corrected chi connectivity index (χ0v) is 15.3. The van der Waals surface area contributed by atoms with Gasteiger partial charge in [-0.05, 0) is 19.1 Å². The standard InChI is InChI=1S/C19H20N2OS2/c1-23-19-15(12-20)16(21-14-10-6-3-7-11-14)18(24-19)17(22)13-8-4-2-5-9-13/h2,4-5,8-9,14,21H,3,6-7,10-11H2,1H3. The van der Waals surface area contributed by atoms with Crippen LogP contribution in [0.2, 0.25) is 0 Å². The van der Waals surface area contributed by atoms with Crippen LogP contribution in [0.1, 0.15) is 52.9 Å². The van der Waals surface area contributed by atoms with Crippen molar-refractivity contribution >= 4 is 34.6 Å². The number of carbonyl (C=O) groups is 1. The van der Waals surface area contributed by atoms with Crippen molar-refractivity contribution in [3.05, 3.63) is 46.3 Å². The van der Waals surface area contributed by atoms with Gasteiger partial charge in [0.2, 0.25) is 5.78 Å². The Morgan fingerprint density at radius 2 is 1.96 bits per heavy atom. The molecule has 1 heterocycles. The number of nitriles is 1. The quantitative estimate of drug-likeness (QED) is 0.582. The van der Waals surface area contributed by atoms with E-state index in [2.05, 4.69) is 11.4 Å². The minimum Gasteiger partial charge on any atom is -0.380 e. The van der Waals surface area contributed by atoms with Gasteiger partial charge in [-0.25, -0.2) is 0 Å². The lowest BCUT2D eigenvalue weighted by Gasteiger charge is -2.24. The van der Waals surface area contributed by atoms with Crippen molar-refractivity contribution in [3.8, 4) is 6.07 Å². The highest BCUT2D eigenvalue weighted by Crippen LogP contribution is 2.40. The van der Waals surface area contributed by atoms with Crippen LogP contribution < -0.4 is 5.32 Å². The van der Waals surface area contributed by atoms with Gasteiger partial charge in [0.25, 0.3) is 0 Å². The largest absolute Gasteiger partial charge is 0.380 e. The molecule has 0 bridgehead atoms. The van der Waals surface area contributed by atoms with Gasteiger partial charge in [0.15, 0.2) is 0 Å². The lowest BCUT2D eigenvalue weighted by Crippen LogP contribution is -2.23. The molecule has 1 saturated carbocycles. The van der Waals surface area contributed by atoms with Crippen LogP contribution in [0, 0.1) is 11.3 Å². The molecule has 0 radical (unpaired) electrons. The van der Waals surface area contributed by atoms with Gasteiger partial charge in [-0.1, -0.05) is 49.6 Å². The summed E-state index contributed by atoms with van der Waals surface area (Å²) in [5.74, 6) is -0.00397. The maximum Gasteiger partial charge on any atom is 0.205 e. The van der Waals surface area contributed by atoms with Gasteiger partial charge in [0.05, 0.1) is 9.90 Å². The molecular weight excluding hydrogens is 336 g/mol. The van der Waals surface area contributed by atoms with Gasteiger partial charge in [-0.15, -0.1) is 23.1 Å². The van der Waals surface area contributed by atoms with Crippen molar-refractivity contribution in [1.29, 1.82) is 5.26 Å². The smallest absolute Gasteiger partial charge is 0.205 e. The molecule has 24 heavy (non-hydrogen) atoms. The average Bonchev–Trinajstić information content (AvgIpc) is 3.00. The van der Waals surface area contributed by atoms with Crippen molar-refractivity contribution < 1.29 is 4.79 Å². The second kappa shape index (κ2) is 7.87. The molecule has 124 valence electrons. The number of thioether (sulfide) groups is 1. The van der Waals surface area contributed by atoms with Crippen molar-refractivity contribution in [1.82, 2.24) is 0 Å². The summed E-state index contributed by atoms with van der Waals surface area (Å²) in [5.41, 5.74) is 2.03. The van der Waals surface area contributed by atoms with Gasteiger partial charge < -0.3 is 5.32 Å². The molecule has 0 amide bonds. The van der Waals surface area contributed by atoms with Crippen LogP contribution in [0.4, 0.5) is 5.69 Å². The van der Waals surface area contributed by atoms with Gasteiger partial charge >= 0.3 is 0 Å². The Morgan fingerprint density at radius 3 is 2.58 bits per heavy atom. The molecule has 3 rings (SSSR count). The Bertz CT molecular complexity index is 756. The van der Waals surface area contributed by atoms with Crippen LogP contribution in [-0.4, -0.2) is 18.1 Å². The number of nitrogens with zero attached hydrogens (tertiary/aromatic N) is 1. The minimum atomic E-state index is -0.00397. The summed E-state index contributed by atoms with van der Waals surface area (Å²) in [6.45, 7) is 0. The molecule has 0 unspecified atom stereocenters. The first-order valence-corrected chi connectivity index (χ1v) is 10.3. The van der Waals surface area contributed by atoms with E-state index >= 15 is 0 Å². The van der Waals surface area contributed by atoms with Crippen molar-refractivity contribution in [2.45, 2.75) is 42.4 Å². The molecule has 5 heteroatoms. The van der Waals surface area contributed by atoms with E-state index in [4.69, 9.17) is 0 Å². The van der Waals surface area contributed by atoms with Crippen LogP contribution in [0.15, 0.2) is 34.5 Å². The summed E-state index contributed by atoms with van der Waals surface area (Å²) in [4.78, 5) is 13.6. The fourth-order valence-corrected chi connectivity index (χ4v) is 4.97. The lowest BCUT2D eigenvalue weighted by atomic mass is 9.95. The van der Waals surface area contributed by atoms with Crippen molar-refractivity contribution in [2.75, 3.05) is 11.6 Å². The summed E-state index contributed by atoms with van der Waals surface area (Å²) < 4.78 is 0.912. The normalized spacial score (nSPS) is 15.0. The molecule has 1 aromatic heterocycles. The van der Waals surface area contributed by atoms with E-state index in [-0.39, 0.29) is 5.78 Å². The summed E-state index contributed by atoms with van der Waals surface area (Å²) in [6, 6.07) is 12.0. The third-order valence-corrected chi connectivity index (χ3v) is 6.68. The second-order valence-corrected chi connectivity index (χ2v) is 8.05. The summed E-state index contributed by atoms with van der Waals surface area (Å²) in [5, 5.41) is 13.1. The zero-order valence-electron chi connectivity index (χ0n) is 13.7. The molecular formula is C19H20N2OS2. The van der Waals surface area contributed by atoms with E-state index in [0.717, 1.165) is 22.7 Å². The molecule has 1 N–H and O–H groups in total. The molecule has 0 spiro atoms. The number of carbonyl (C=O) groups excluding carboxylic acids is 1. The van der Waals surface area contributed by atoms with E-state index in [0.29, 0.717) is 22.0 Å². The number of nitrogens with one attached hydrogen (secondary N) is 1. The van der Waals surface area contributed by atoms with Crippen LogP contribution in [0.25, 0.3) is 0 Å². The van der Waals surface area contributed by atoms with Crippen LogP contribution in [-0.2, 0) is 0 Å². The predicted molar refractivity (Wildman–Crippen MR) is 101 cm³/mol. The predicted octanol–water partition coefficient (Wildman–Crippen LogP) is 5.32. The van der Waals surface area contributed by atoms with E-state index in [1.54, 1.807) is 0 Å². The van der Waals surface area contributed by atoms with Gasteiger partial charge in [0, 0.05) is 11.6 Å². The molecule has 1 aliphatic carbocycles. The number of benzene rings is 1. The fourth-order valence-electron chi connectivity index (χ4n) is 3.12. The lowest BCUT2D eigenvalue weighted by molar-refractivity contribution is 0.104. The van der Waals surface area contributed by atoms with Crippen LogP contribution in [0.3, 0.4) is 0 Å². The summed E-state index contributed by atoms with van der Waals surface area (Å²) in [7, 11) is 0. The van der Waals surface area contributed by atoms with Gasteiger partial charge in [0.1, 0.15) is 16.5 Å². The Balaban J connectivity index is 1.99. The van der Waals surface area contributed by atoms with Crippen LogP contribution in [0.5, 0.6) is 0 Å². The van der Waals surface area contributed by atoms with Crippen LogP contribution >= 0.6 is 23.1 Å². The number of rotatable bonds is 5. The summed E-state index contributed by atoms with van der Waals surface area (Å²) >= 11 is 2.96. The number of thiophene rings is 1. The topological polar surface area (TPSA) is 52.9 Å². The third kappa shape index (κ3) is 3.50. The monoisotopic (exact) mass is 356 g/mol. The Labute approximate surface area is 151 Å². The maximum atomic E-state index is 13.0. The highest BCUT2D eigenvalue weighted by atomic mass is 32.2. The number of hydrogen-bond acceptors (Lipinski definition) is 5. The summed E-state index contributed by atoms with van der Waals surface area (Å²) in [6.07, 6.45) is 7.86. The molecule has 1 fully saturated rings. The van der Waals surface area contributed by atoms with E-state index < -0.39 is 0 Å². The zero-order chi connectivity index (χ0) is 16.9.